The van der Waals surface area contributed by atoms with E-state index in [4.69, 9.17) is 0 Å². The molecular weight excluding hydrogens is 283 g/mol. The van der Waals surface area contributed by atoms with Crippen molar-refractivity contribution in [3.05, 3.63) is 29.8 Å². The van der Waals surface area contributed by atoms with Crippen molar-refractivity contribution in [3.8, 4) is 0 Å². The Morgan fingerprint density at radius 1 is 1.24 bits per heavy atom. The van der Waals surface area contributed by atoms with Crippen LogP contribution in [0.3, 0.4) is 0 Å². The molecule has 1 rings (SSSR count). The standard InChI is InChI=1S/C15H20F3NO2/c1-10(2)8-13(9-14(20)21-3)19-12-6-4-11(5-7-12)15(16,17)18/h4-7,10,13,19H,8-9H2,1-3H3/t13-/m0/s1. The van der Waals surface area contributed by atoms with Gasteiger partial charge in [0.2, 0.25) is 0 Å². The molecule has 0 saturated carbocycles. The maximum absolute atomic E-state index is 12.5. The molecule has 0 aromatic heterocycles. The van der Waals surface area contributed by atoms with Gasteiger partial charge in [0, 0.05) is 11.7 Å². The van der Waals surface area contributed by atoms with Gasteiger partial charge in [-0.2, -0.15) is 13.2 Å². The third-order valence-electron chi connectivity index (χ3n) is 2.98. The largest absolute Gasteiger partial charge is 0.469 e. The van der Waals surface area contributed by atoms with Crippen LogP contribution in [0, 0.1) is 5.92 Å². The van der Waals surface area contributed by atoms with Crippen LogP contribution in [0.15, 0.2) is 24.3 Å². The van der Waals surface area contributed by atoms with Gasteiger partial charge in [-0.05, 0) is 36.6 Å². The molecular formula is C15H20F3NO2. The number of esters is 1. The lowest BCUT2D eigenvalue weighted by Crippen LogP contribution is -2.25. The SMILES string of the molecule is COC(=O)C[C@H](CC(C)C)Nc1ccc(C(F)(F)F)cc1. The molecule has 21 heavy (non-hydrogen) atoms. The molecule has 0 aliphatic heterocycles. The number of hydrogen-bond acceptors (Lipinski definition) is 3. The fourth-order valence-electron chi connectivity index (χ4n) is 2.04. The van der Waals surface area contributed by atoms with Gasteiger partial charge in [0.1, 0.15) is 0 Å². The molecule has 6 heteroatoms. The number of methoxy groups -OCH3 is 1. The van der Waals surface area contributed by atoms with E-state index in [0.717, 1.165) is 18.6 Å². The molecule has 118 valence electrons. The summed E-state index contributed by atoms with van der Waals surface area (Å²) in [5.41, 5.74) is -0.140. The van der Waals surface area contributed by atoms with E-state index in [9.17, 15) is 18.0 Å². The summed E-state index contributed by atoms with van der Waals surface area (Å²) in [5.74, 6) is 0.00154. The number of carbonyl (C=O) groups is 1. The molecule has 0 aliphatic carbocycles. The Bertz CT molecular complexity index is 455. The highest BCUT2D eigenvalue weighted by molar-refractivity contribution is 5.70. The van der Waals surface area contributed by atoms with Crippen molar-refractivity contribution in [2.24, 2.45) is 5.92 Å². The van der Waals surface area contributed by atoms with E-state index in [1.165, 1.54) is 19.2 Å². The Morgan fingerprint density at radius 3 is 2.24 bits per heavy atom. The summed E-state index contributed by atoms with van der Waals surface area (Å²) in [6, 6.07) is 4.61. The van der Waals surface area contributed by atoms with E-state index in [1.54, 1.807) is 0 Å². The number of carbonyl (C=O) groups excluding carboxylic acids is 1. The van der Waals surface area contributed by atoms with Crippen molar-refractivity contribution in [2.75, 3.05) is 12.4 Å². The monoisotopic (exact) mass is 303 g/mol. The maximum Gasteiger partial charge on any atom is 0.416 e. The van der Waals surface area contributed by atoms with Gasteiger partial charge < -0.3 is 10.1 Å². The number of rotatable bonds is 6. The number of halogens is 3. The van der Waals surface area contributed by atoms with Gasteiger partial charge in [0.05, 0.1) is 19.1 Å². The summed E-state index contributed by atoms with van der Waals surface area (Å²) in [6.45, 7) is 4.03. The zero-order valence-corrected chi connectivity index (χ0v) is 12.3. The summed E-state index contributed by atoms with van der Waals surface area (Å²) in [6.07, 6.45) is -3.45. The van der Waals surface area contributed by atoms with Crippen LogP contribution >= 0.6 is 0 Å². The average Bonchev–Trinajstić information content (AvgIpc) is 2.37. The lowest BCUT2D eigenvalue weighted by molar-refractivity contribution is -0.141. The molecule has 0 heterocycles. The minimum Gasteiger partial charge on any atom is -0.469 e. The zero-order chi connectivity index (χ0) is 16.0. The molecule has 1 N–H and O–H groups in total. The van der Waals surface area contributed by atoms with Gasteiger partial charge in [-0.3, -0.25) is 4.79 Å². The number of nitrogens with one attached hydrogen (secondary N) is 1. The Balaban J connectivity index is 2.76. The maximum atomic E-state index is 12.5. The molecule has 0 radical (unpaired) electrons. The minimum atomic E-state index is -4.35. The van der Waals surface area contributed by atoms with Gasteiger partial charge >= 0.3 is 12.1 Å². The lowest BCUT2D eigenvalue weighted by atomic mass is 10.0. The third kappa shape index (κ3) is 6.06. The molecule has 0 saturated heterocycles. The molecule has 1 aromatic rings. The molecule has 1 aromatic carbocycles. The normalized spacial score (nSPS) is 13.1. The van der Waals surface area contributed by atoms with Crippen LogP contribution in [0.1, 0.15) is 32.3 Å². The second kappa shape index (κ2) is 7.33. The van der Waals surface area contributed by atoms with E-state index in [-0.39, 0.29) is 18.4 Å². The number of hydrogen-bond donors (Lipinski definition) is 1. The van der Waals surface area contributed by atoms with E-state index in [0.29, 0.717) is 11.6 Å². The van der Waals surface area contributed by atoms with Crippen LogP contribution in [0.4, 0.5) is 18.9 Å². The van der Waals surface area contributed by atoms with E-state index < -0.39 is 11.7 Å². The Kier molecular flexibility index (Phi) is 6.05. The molecule has 0 spiro atoms. The van der Waals surface area contributed by atoms with Gasteiger partial charge in [-0.1, -0.05) is 13.8 Å². The minimum absolute atomic E-state index is 0.172. The van der Waals surface area contributed by atoms with Gasteiger partial charge in [-0.25, -0.2) is 0 Å². The van der Waals surface area contributed by atoms with Crippen LogP contribution in [-0.2, 0) is 15.7 Å². The second-order valence-electron chi connectivity index (χ2n) is 5.33. The van der Waals surface area contributed by atoms with Crippen LogP contribution in [0.5, 0.6) is 0 Å². The molecule has 0 bridgehead atoms. The summed E-state index contributed by atoms with van der Waals surface area (Å²) in [5, 5.41) is 3.09. The Hall–Kier alpha value is -1.72. The highest BCUT2D eigenvalue weighted by Crippen LogP contribution is 2.30. The lowest BCUT2D eigenvalue weighted by Gasteiger charge is -2.21. The predicted molar refractivity (Wildman–Crippen MR) is 74.9 cm³/mol. The van der Waals surface area contributed by atoms with Crippen molar-refractivity contribution in [1.29, 1.82) is 0 Å². The summed E-state index contributed by atoms with van der Waals surface area (Å²) in [4.78, 5) is 11.4. The Labute approximate surface area is 122 Å². The third-order valence-corrected chi connectivity index (χ3v) is 2.98. The van der Waals surface area contributed by atoms with Crippen LogP contribution < -0.4 is 5.32 Å². The first-order valence-corrected chi connectivity index (χ1v) is 6.73. The quantitative estimate of drug-likeness (QED) is 0.804. The topological polar surface area (TPSA) is 38.3 Å². The van der Waals surface area contributed by atoms with Crippen LogP contribution in [-0.4, -0.2) is 19.1 Å². The van der Waals surface area contributed by atoms with Crippen molar-refractivity contribution in [3.63, 3.8) is 0 Å². The highest BCUT2D eigenvalue weighted by Gasteiger charge is 2.30. The first-order valence-electron chi connectivity index (χ1n) is 6.73. The summed E-state index contributed by atoms with van der Waals surface area (Å²) in [7, 11) is 1.31. The van der Waals surface area contributed by atoms with Gasteiger partial charge in [0.15, 0.2) is 0 Å². The molecule has 0 amide bonds. The van der Waals surface area contributed by atoms with Gasteiger partial charge in [-0.15, -0.1) is 0 Å². The summed E-state index contributed by atoms with van der Waals surface area (Å²) >= 11 is 0. The molecule has 3 nitrogen and oxygen atoms in total. The smallest absolute Gasteiger partial charge is 0.416 e. The fourth-order valence-corrected chi connectivity index (χ4v) is 2.04. The number of ether oxygens (including phenoxy) is 1. The van der Waals surface area contributed by atoms with Crippen molar-refractivity contribution in [2.45, 2.75) is 38.9 Å². The predicted octanol–water partition coefficient (Wildman–Crippen LogP) is 4.10. The van der Waals surface area contributed by atoms with Crippen LogP contribution in [0.25, 0.3) is 0 Å². The van der Waals surface area contributed by atoms with Crippen molar-refractivity contribution < 1.29 is 22.7 Å². The molecule has 0 fully saturated rings. The second-order valence-corrected chi connectivity index (χ2v) is 5.33. The number of alkyl halides is 3. The first-order chi connectivity index (χ1) is 9.72. The average molecular weight is 303 g/mol. The molecule has 1 atom stereocenters. The number of benzene rings is 1. The van der Waals surface area contributed by atoms with E-state index in [1.807, 2.05) is 13.8 Å². The highest BCUT2D eigenvalue weighted by atomic mass is 19.4. The fraction of sp³-hybridized carbons (Fsp3) is 0.533. The Morgan fingerprint density at radius 2 is 1.81 bits per heavy atom. The molecule has 0 unspecified atom stereocenters. The van der Waals surface area contributed by atoms with Gasteiger partial charge in [0.25, 0.3) is 0 Å². The molecule has 0 aliphatic rings. The van der Waals surface area contributed by atoms with Crippen molar-refractivity contribution >= 4 is 11.7 Å². The van der Waals surface area contributed by atoms with Crippen molar-refractivity contribution in [1.82, 2.24) is 0 Å². The van der Waals surface area contributed by atoms with E-state index in [2.05, 4.69) is 10.1 Å². The zero-order valence-electron chi connectivity index (χ0n) is 12.3. The number of anilines is 1. The summed E-state index contributed by atoms with van der Waals surface area (Å²) < 4.78 is 42.1. The van der Waals surface area contributed by atoms with E-state index >= 15 is 0 Å². The van der Waals surface area contributed by atoms with Crippen LogP contribution in [0.2, 0.25) is 0 Å². The first kappa shape index (κ1) is 17.3.